The number of hydrogen-bond acceptors (Lipinski definition) is 3. The highest BCUT2D eigenvalue weighted by Crippen LogP contribution is 2.03. The Kier molecular flexibility index (Phi) is 7.21. The molecule has 0 aliphatic carbocycles. The Morgan fingerprint density at radius 2 is 2.00 bits per heavy atom. The van der Waals surface area contributed by atoms with Crippen LogP contribution in [0.25, 0.3) is 0 Å². The first-order chi connectivity index (χ1) is 8.20. The maximum atomic E-state index is 11.8. The van der Waals surface area contributed by atoms with Crippen molar-refractivity contribution in [3.63, 3.8) is 0 Å². The molecule has 100 valence electrons. The fourth-order valence-electron chi connectivity index (χ4n) is 1.93. The van der Waals surface area contributed by atoms with Crippen LogP contribution in [0.2, 0.25) is 0 Å². The molecular weight excluding hydrogens is 216 g/mol. The molecule has 0 atom stereocenters. The van der Waals surface area contributed by atoms with Gasteiger partial charge in [-0.3, -0.25) is 4.79 Å². The minimum absolute atomic E-state index is 0.232. The van der Waals surface area contributed by atoms with Crippen molar-refractivity contribution in [3.05, 3.63) is 0 Å². The summed E-state index contributed by atoms with van der Waals surface area (Å²) in [5.74, 6) is 0.969. The Morgan fingerprint density at radius 3 is 2.65 bits per heavy atom. The normalized spacial score (nSPS) is 16.5. The van der Waals surface area contributed by atoms with E-state index in [2.05, 4.69) is 19.2 Å². The fourth-order valence-corrected chi connectivity index (χ4v) is 1.93. The number of rotatable bonds is 7. The van der Waals surface area contributed by atoms with Gasteiger partial charge in [-0.15, -0.1) is 0 Å². The van der Waals surface area contributed by atoms with Crippen molar-refractivity contribution in [1.82, 2.24) is 10.2 Å². The minimum atomic E-state index is 0.232. The van der Waals surface area contributed by atoms with Gasteiger partial charge in [0, 0.05) is 32.8 Å². The number of carbonyl (C=O) groups excluding carboxylic acids is 1. The number of nitrogens with zero attached hydrogens (tertiary/aromatic N) is 1. The van der Waals surface area contributed by atoms with Crippen LogP contribution in [-0.2, 0) is 9.53 Å². The molecule has 0 spiro atoms. The number of amides is 1. The molecule has 4 heteroatoms. The zero-order valence-corrected chi connectivity index (χ0v) is 11.2. The van der Waals surface area contributed by atoms with Gasteiger partial charge in [0.15, 0.2) is 0 Å². The first kappa shape index (κ1) is 14.5. The average molecular weight is 242 g/mol. The quantitative estimate of drug-likeness (QED) is 0.683. The molecule has 1 fully saturated rings. The van der Waals surface area contributed by atoms with Gasteiger partial charge in [-0.1, -0.05) is 13.8 Å². The van der Waals surface area contributed by atoms with Gasteiger partial charge < -0.3 is 15.0 Å². The van der Waals surface area contributed by atoms with Gasteiger partial charge in [0.2, 0.25) is 5.91 Å². The summed E-state index contributed by atoms with van der Waals surface area (Å²) in [4.78, 5) is 13.7. The van der Waals surface area contributed by atoms with Crippen LogP contribution in [-0.4, -0.2) is 50.2 Å². The number of hydrogen-bond donors (Lipinski definition) is 1. The summed E-state index contributed by atoms with van der Waals surface area (Å²) >= 11 is 0. The standard InChI is InChI=1S/C13H26N2O2/c1-12(2)4-3-10-17-11-5-13(16)15-8-6-14-7-9-15/h12,14H,3-11H2,1-2H3. The first-order valence-electron chi connectivity index (χ1n) is 6.76. The lowest BCUT2D eigenvalue weighted by Crippen LogP contribution is -2.46. The van der Waals surface area contributed by atoms with E-state index in [1.165, 1.54) is 6.42 Å². The molecule has 0 saturated carbocycles. The largest absolute Gasteiger partial charge is 0.381 e. The Hall–Kier alpha value is -0.610. The molecule has 0 aromatic heterocycles. The molecule has 1 N–H and O–H groups in total. The van der Waals surface area contributed by atoms with Crippen molar-refractivity contribution in [2.45, 2.75) is 33.1 Å². The van der Waals surface area contributed by atoms with Gasteiger partial charge in [-0.25, -0.2) is 0 Å². The van der Waals surface area contributed by atoms with Gasteiger partial charge in [0.25, 0.3) is 0 Å². The smallest absolute Gasteiger partial charge is 0.224 e. The van der Waals surface area contributed by atoms with Crippen LogP contribution in [0.4, 0.5) is 0 Å². The van der Waals surface area contributed by atoms with Crippen molar-refractivity contribution in [2.24, 2.45) is 5.92 Å². The van der Waals surface area contributed by atoms with Gasteiger partial charge in [-0.2, -0.15) is 0 Å². The van der Waals surface area contributed by atoms with E-state index in [1.807, 2.05) is 4.90 Å². The Balaban J connectivity index is 1.96. The van der Waals surface area contributed by atoms with Crippen molar-refractivity contribution in [3.8, 4) is 0 Å². The zero-order chi connectivity index (χ0) is 12.5. The molecule has 1 saturated heterocycles. The van der Waals surface area contributed by atoms with Crippen molar-refractivity contribution in [2.75, 3.05) is 39.4 Å². The highest BCUT2D eigenvalue weighted by molar-refractivity contribution is 5.76. The minimum Gasteiger partial charge on any atom is -0.381 e. The third-order valence-corrected chi connectivity index (χ3v) is 3.00. The molecule has 4 nitrogen and oxygen atoms in total. The average Bonchev–Trinajstić information content (AvgIpc) is 2.34. The van der Waals surface area contributed by atoms with E-state index in [0.29, 0.717) is 13.0 Å². The lowest BCUT2D eigenvalue weighted by molar-refractivity contribution is -0.132. The summed E-state index contributed by atoms with van der Waals surface area (Å²) in [5, 5.41) is 3.24. The second kappa shape index (κ2) is 8.48. The molecule has 1 amide bonds. The summed E-state index contributed by atoms with van der Waals surface area (Å²) in [6.07, 6.45) is 2.83. The van der Waals surface area contributed by atoms with Crippen LogP contribution >= 0.6 is 0 Å². The molecule has 0 aromatic rings. The van der Waals surface area contributed by atoms with Crippen molar-refractivity contribution in [1.29, 1.82) is 0 Å². The number of nitrogens with one attached hydrogen (secondary N) is 1. The summed E-state index contributed by atoms with van der Waals surface area (Å²) < 4.78 is 5.48. The molecule has 1 heterocycles. The van der Waals surface area contributed by atoms with E-state index in [9.17, 15) is 4.79 Å². The van der Waals surface area contributed by atoms with E-state index in [4.69, 9.17) is 4.74 Å². The maximum absolute atomic E-state index is 11.8. The predicted octanol–water partition coefficient (Wildman–Crippen LogP) is 1.26. The SMILES string of the molecule is CC(C)CCCOCCC(=O)N1CCNCC1. The Bertz CT molecular complexity index is 213. The van der Waals surface area contributed by atoms with E-state index in [0.717, 1.165) is 45.1 Å². The van der Waals surface area contributed by atoms with Gasteiger partial charge in [0.1, 0.15) is 0 Å². The second-order valence-electron chi connectivity index (χ2n) is 5.03. The number of carbonyl (C=O) groups is 1. The Labute approximate surface area is 105 Å². The monoisotopic (exact) mass is 242 g/mol. The van der Waals surface area contributed by atoms with Crippen LogP contribution in [0.5, 0.6) is 0 Å². The molecule has 0 bridgehead atoms. The van der Waals surface area contributed by atoms with E-state index in [1.54, 1.807) is 0 Å². The molecule has 1 rings (SSSR count). The van der Waals surface area contributed by atoms with E-state index >= 15 is 0 Å². The summed E-state index contributed by atoms with van der Waals surface area (Å²) in [6, 6.07) is 0. The van der Waals surface area contributed by atoms with E-state index in [-0.39, 0.29) is 5.91 Å². The third-order valence-electron chi connectivity index (χ3n) is 3.00. The molecule has 17 heavy (non-hydrogen) atoms. The lowest BCUT2D eigenvalue weighted by Gasteiger charge is -2.27. The highest BCUT2D eigenvalue weighted by Gasteiger charge is 2.15. The number of piperazine rings is 1. The van der Waals surface area contributed by atoms with Crippen LogP contribution in [0.1, 0.15) is 33.1 Å². The molecule has 0 unspecified atom stereocenters. The lowest BCUT2D eigenvalue weighted by atomic mass is 10.1. The molecule has 0 radical (unpaired) electrons. The van der Waals surface area contributed by atoms with Crippen molar-refractivity contribution < 1.29 is 9.53 Å². The van der Waals surface area contributed by atoms with Crippen LogP contribution < -0.4 is 5.32 Å². The zero-order valence-electron chi connectivity index (χ0n) is 11.2. The van der Waals surface area contributed by atoms with Gasteiger partial charge in [-0.05, 0) is 18.8 Å². The summed E-state index contributed by atoms with van der Waals surface area (Å²) in [7, 11) is 0. The Morgan fingerprint density at radius 1 is 1.29 bits per heavy atom. The summed E-state index contributed by atoms with van der Waals surface area (Å²) in [5.41, 5.74) is 0. The summed E-state index contributed by atoms with van der Waals surface area (Å²) in [6.45, 7) is 9.30. The van der Waals surface area contributed by atoms with E-state index < -0.39 is 0 Å². The van der Waals surface area contributed by atoms with Crippen molar-refractivity contribution >= 4 is 5.91 Å². The van der Waals surface area contributed by atoms with Gasteiger partial charge in [0.05, 0.1) is 13.0 Å². The first-order valence-corrected chi connectivity index (χ1v) is 6.76. The molecule has 1 aliphatic heterocycles. The van der Waals surface area contributed by atoms with Crippen LogP contribution in [0, 0.1) is 5.92 Å². The second-order valence-corrected chi connectivity index (χ2v) is 5.03. The maximum Gasteiger partial charge on any atom is 0.224 e. The third kappa shape index (κ3) is 6.64. The molecular formula is C13H26N2O2. The molecule has 0 aromatic carbocycles. The van der Waals surface area contributed by atoms with Crippen LogP contribution in [0.15, 0.2) is 0 Å². The van der Waals surface area contributed by atoms with Crippen LogP contribution in [0.3, 0.4) is 0 Å². The number of ether oxygens (including phenoxy) is 1. The predicted molar refractivity (Wildman–Crippen MR) is 69.0 cm³/mol. The molecule has 1 aliphatic rings. The topological polar surface area (TPSA) is 41.6 Å². The highest BCUT2D eigenvalue weighted by atomic mass is 16.5. The van der Waals surface area contributed by atoms with Gasteiger partial charge >= 0.3 is 0 Å². The fraction of sp³-hybridized carbons (Fsp3) is 0.923.